The second-order valence-corrected chi connectivity index (χ2v) is 6.15. The molecular weight excluding hydrogens is 292 g/mol. The fourth-order valence-electron chi connectivity index (χ4n) is 2.68. The molecule has 0 saturated heterocycles. The monoisotopic (exact) mass is 312 g/mol. The predicted molar refractivity (Wildman–Crippen MR) is 76.6 cm³/mol. The van der Waals surface area contributed by atoms with Gasteiger partial charge in [-0.25, -0.2) is 0 Å². The van der Waals surface area contributed by atoms with E-state index in [2.05, 4.69) is 33.2 Å². The number of rotatable bonds is 4. The van der Waals surface area contributed by atoms with Crippen molar-refractivity contribution in [2.45, 2.75) is 39.0 Å². The van der Waals surface area contributed by atoms with E-state index >= 15 is 0 Å². The molecule has 1 fully saturated rings. The van der Waals surface area contributed by atoms with Gasteiger partial charge in [0.2, 0.25) is 0 Å². The number of H-pyrrole nitrogens is 1. The first kappa shape index (κ1) is 13.7. The Morgan fingerprint density at radius 1 is 1.39 bits per heavy atom. The van der Waals surface area contributed by atoms with Crippen LogP contribution in [0.5, 0.6) is 0 Å². The summed E-state index contributed by atoms with van der Waals surface area (Å²) >= 11 is 3.33. The Hall–Kier alpha value is -0.770. The summed E-state index contributed by atoms with van der Waals surface area (Å²) in [6.45, 7) is 3.09. The maximum Gasteiger partial charge on any atom is 0.267 e. The van der Waals surface area contributed by atoms with E-state index in [1.807, 2.05) is 6.07 Å². The summed E-state index contributed by atoms with van der Waals surface area (Å²) in [5, 5.41) is 3.02. The summed E-state index contributed by atoms with van der Waals surface area (Å²) in [6.07, 6.45) is 8.24. The summed E-state index contributed by atoms with van der Waals surface area (Å²) in [7, 11) is 0. The van der Waals surface area contributed by atoms with E-state index in [-0.39, 0.29) is 5.91 Å². The third-order valence-corrected chi connectivity index (χ3v) is 4.45. The van der Waals surface area contributed by atoms with Crippen LogP contribution < -0.4 is 5.32 Å². The summed E-state index contributed by atoms with van der Waals surface area (Å²) in [6, 6.07) is 1.81. The van der Waals surface area contributed by atoms with Crippen molar-refractivity contribution < 1.29 is 4.79 Å². The van der Waals surface area contributed by atoms with Gasteiger partial charge in [-0.3, -0.25) is 4.79 Å². The SMILES string of the molecule is CCC1CCC(CNC(=O)c2cc(Br)c[nH]2)CC1. The lowest BCUT2D eigenvalue weighted by Crippen LogP contribution is -2.31. The Morgan fingerprint density at radius 2 is 2.06 bits per heavy atom. The molecule has 100 valence electrons. The van der Waals surface area contributed by atoms with Gasteiger partial charge in [0.05, 0.1) is 0 Å². The van der Waals surface area contributed by atoms with E-state index in [0.29, 0.717) is 11.6 Å². The Labute approximate surface area is 117 Å². The molecule has 2 N–H and O–H groups in total. The van der Waals surface area contributed by atoms with Crippen LogP contribution in [0, 0.1) is 11.8 Å². The molecule has 0 atom stereocenters. The van der Waals surface area contributed by atoms with Crippen molar-refractivity contribution in [3.8, 4) is 0 Å². The molecule has 1 amide bonds. The molecule has 4 heteroatoms. The van der Waals surface area contributed by atoms with Crippen LogP contribution >= 0.6 is 15.9 Å². The van der Waals surface area contributed by atoms with Gasteiger partial charge < -0.3 is 10.3 Å². The number of carbonyl (C=O) groups is 1. The number of hydrogen-bond acceptors (Lipinski definition) is 1. The van der Waals surface area contributed by atoms with Gasteiger partial charge in [0.1, 0.15) is 5.69 Å². The number of aromatic amines is 1. The van der Waals surface area contributed by atoms with E-state index < -0.39 is 0 Å². The molecule has 1 saturated carbocycles. The standard InChI is InChI=1S/C14H21BrN2O/c1-2-10-3-5-11(6-4-10)8-17-14(18)13-7-12(15)9-16-13/h7,9-11,16H,2-6,8H2,1H3,(H,17,18). The summed E-state index contributed by atoms with van der Waals surface area (Å²) in [4.78, 5) is 14.8. The molecule has 0 radical (unpaired) electrons. The van der Waals surface area contributed by atoms with E-state index in [1.165, 1.54) is 32.1 Å². The van der Waals surface area contributed by atoms with Crippen LogP contribution in [-0.4, -0.2) is 17.4 Å². The minimum absolute atomic E-state index is 0.00156. The van der Waals surface area contributed by atoms with Crippen molar-refractivity contribution in [3.63, 3.8) is 0 Å². The molecule has 3 nitrogen and oxygen atoms in total. The zero-order valence-corrected chi connectivity index (χ0v) is 12.4. The lowest BCUT2D eigenvalue weighted by molar-refractivity contribution is 0.0937. The van der Waals surface area contributed by atoms with Crippen LogP contribution in [0.3, 0.4) is 0 Å². The van der Waals surface area contributed by atoms with E-state index in [9.17, 15) is 4.79 Å². The molecule has 0 spiro atoms. The van der Waals surface area contributed by atoms with Gasteiger partial charge in [-0.15, -0.1) is 0 Å². The van der Waals surface area contributed by atoms with Crippen molar-refractivity contribution in [1.29, 1.82) is 0 Å². The second-order valence-electron chi connectivity index (χ2n) is 5.24. The smallest absolute Gasteiger partial charge is 0.267 e. The van der Waals surface area contributed by atoms with Crippen LogP contribution in [0.25, 0.3) is 0 Å². The van der Waals surface area contributed by atoms with Gasteiger partial charge in [0, 0.05) is 17.2 Å². The molecule has 2 rings (SSSR count). The average Bonchev–Trinajstić information content (AvgIpc) is 2.83. The molecule has 1 heterocycles. The number of aromatic nitrogens is 1. The molecule has 0 aliphatic heterocycles. The van der Waals surface area contributed by atoms with Gasteiger partial charge in [0.25, 0.3) is 5.91 Å². The Balaban J connectivity index is 1.74. The molecule has 1 aliphatic carbocycles. The molecule has 0 bridgehead atoms. The fraction of sp³-hybridized carbons (Fsp3) is 0.643. The third kappa shape index (κ3) is 3.61. The first-order valence-corrected chi connectivity index (χ1v) is 7.60. The lowest BCUT2D eigenvalue weighted by Gasteiger charge is -2.27. The first-order valence-electron chi connectivity index (χ1n) is 6.81. The zero-order valence-electron chi connectivity index (χ0n) is 10.8. The molecule has 18 heavy (non-hydrogen) atoms. The maximum atomic E-state index is 11.9. The average molecular weight is 313 g/mol. The third-order valence-electron chi connectivity index (χ3n) is 3.99. The zero-order chi connectivity index (χ0) is 13.0. The number of nitrogens with one attached hydrogen (secondary N) is 2. The van der Waals surface area contributed by atoms with Crippen LogP contribution in [0.1, 0.15) is 49.5 Å². The highest BCUT2D eigenvalue weighted by molar-refractivity contribution is 9.10. The van der Waals surface area contributed by atoms with Crippen molar-refractivity contribution in [3.05, 3.63) is 22.4 Å². The van der Waals surface area contributed by atoms with E-state index in [0.717, 1.165) is 16.9 Å². The highest BCUT2D eigenvalue weighted by Gasteiger charge is 2.20. The van der Waals surface area contributed by atoms with E-state index in [1.54, 1.807) is 6.20 Å². The minimum Gasteiger partial charge on any atom is -0.356 e. The number of halogens is 1. The maximum absolute atomic E-state index is 11.9. The van der Waals surface area contributed by atoms with Crippen LogP contribution in [0.2, 0.25) is 0 Å². The Morgan fingerprint density at radius 3 is 2.61 bits per heavy atom. The Bertz CT molecular complexity index is 394. The Kier molecular flexibility index (Phi) is 4.87. The highest BCUT2D eigenvalue weighted by atomic mass is 79.9. The topological polar surface area (TPSA) is 44.9 Å². The van der Waals surface area contributed by atoms with Crippen molar-refractivity contribution in [2.24, 2.45) is 11.8 Å². The van der Waals surface area contributed by atoms with Gasteiger partial charge in [-0.05, 0) is 46.7 Å². The summed E-state index contributed by atoms with van der Waals surface area (Å²) in [5.41, 5.74) is 0.629. The molecule has 0 unspecified atom stereocenters. The summed E-state index contributed by atoms with van der Waals surface area (Å²) < 4.78 is 0.913. The highest BCUT2D eigenvalue weighted by Crippen LogP contribution is 2.30. The molecular formula is C14H21BrN2O. The van der Waals surface area contributed by atoms with Gasteiger partial charge >= 0.3 is 0 Å². The minimum atomic E-state index is -0.00156. The van der Waals surface area contributed by atoms with Crippen LogP contribution in [0.15, 0.2) is 16.7 Å². The second kappa shape index (κ2) is 6.41. The van der Waals surface area contributed by atoms with Crippen molar-refractivity contribution in [1.82, 2.24) is 10.3 Å². The van der Waals surface area contributed by atoms with Gasteiger partial charge in [-0.2, -0.15) is 0 Å². The van der Waals surface area contributed by atoms with Crippen LogP contribution in [0.4, 0.5) is 0 Å². The number of amides is 1. The molecule has 0 aromatic carbocycles. The molecule has 1 aromatic heterocycles. The fourth-order valence-corrected chi connectivity index (χ4v) is 3.02. The lowest BCUT2D eigenvalue weighted by atomic mass is 9.81. The van der Waals surface area contributed by atoms with Gasteiger partial charge in [-0.1, -0.05) is 26.2 Å². The number of hydrogen-bond donors (Lipinski definition) is 2. The van der Waals surface area contributed by atoms with E-state index in [4.69, 9.17) is 0 Å². The largest absolute Gasteiger partial charge is 0.356 e. The van der Waals surface area contributed by atoms with Crippen molar-refractivity contribution in [2.75, 3.05) is 6.54 Å². The van der Waals surface area contributed by atoms with Gasteiger partial charge in [0.15, 0.2) is 0 Å². The summed E-state index contributed by atoms with van der Waals surface area (Å²) in [5.74, 6) is 1.57. The first-order chi connectivity index (χ1) is 8.69. The quantitative estimate of drug-likeness (QED) is 0.874. The van der Waals surface area contributed by atoms with Crippen LogP contribution in [-0.2, 0) is 0 Å². The molecule has 1 aromatic rings. The normalized spacial score (nSPS) is 23.9. The number of carbonyl (C=O) groups excluding carboxylic acids is 1. The van der Waals surface area contributed by atoms with Crippen molar-refractivity contribution >= 4 is 21.8 Å². The molecule has 1 aliphatic rings. The predicted octanol–water partition coefficient (Wildman–Crippen LogP) is 3.72.